The van der Waals surface area contributed by atoms with E-state index in [0.29, 0.717) is 27.9 Å². The van der Waals surface area contributed by atoms with Crippen molar-refractivity contribution in [1.82, 2.24) is 5.32 Å². The number of benzene rings is 1. The zero-order valence-corrected chi connectivity index (χ0v) is 14.7. The molecule has 1 spiro atoms. The second-order valence-electron chi connectivity index (χ2n) is 6.02. The van der Waals surface area contributed by atoms with Crippen LogP contribution in [0.2, 0.25) is 0 Å². The molecule has 1 saturated carbocycles. The van der Waals surface area contributed by atoms with Crippen molar-refractivity contribution in [3.05, 3.63) is 34.1 Å². The van der Waals surface area contributed by atoms with Gasteiger partial charge in [-0.1, -0.05) is 28.1 Å². The van der Waals surface area contributed by atoms with Gasteiger partial charge in [-0.05, 0) is 44.4 Å². The summed E-state index contributed by atoms with van der Waals surface area (Å²) in [6, 6.07) is 4.53. The van der Waals surface area contributed by atoms with Crippen molar-refractivity contribution in [3.63, 3.8) is 0 Å². The molecule has 0 aromatic heterocycles. The Morgan fingerprint density at radius 2 is 2.05 bits per heavy atom. The Kier molecular flexibility index (Phi) is 3.46. The van der Waals surface area contributed by atoms with E-state index in [-0.39, 0.29) is 5.75 Å². The fourth-order valence-electron chi connectivity index (χ4n) is 3.16. The van der Waals surface area contributed by atoms with Crippen LogP contribution in [0.5, 0.6) is 0 Å². The van der Waals surface area contributed by atoms with Crippen molar-refractivity contribution >= 4 is 43.0 Å². The van der Waals surface area contributed by atoms with Crippen molar-refractivity contribution in [2.24, 2.45) is 0 Å². The molecule has 1 atom stereocenters. The molecule has 1 saturated heterocycles. The first-order valence-corrected chi connectivity index (χ1v) is 9.56. The SMILES string of the molecule is C[C@@]1(c2cc(Br)ccc2F)CS(=O)(=O)C2(CCC2)C(=S)N1. The van der Waals surface area contributed by atoms with Crippen molar-refractivity contribution in [2.45, 2.75) is 36.5 Å². The molecule has 1 aromatic rings. The van der Waals surface area contributed by atoms with Gasteiger partial charge >= 0.3 is 0 Å². The zero-order valence-electron chi connectivity index (χ0n) is 11.4. The zero-order chi connectivity index (χ0) is 15.5. The summed E-state index contributed by atoms with van der Waals surface area (Å²) in [6.45, 7) is 1.69. The van der Waals surface area contributed by atoms with Crippen LogP contribution in [0.25, 0.3) is 0 Å². The molecule has 21 heavy (non-hydrogen) atoms. The maximum atomic E-state index is 14.2. The first-order chi connectivity index (χ1) is 9.70. The summed E-state index contributed by atoms with van der Waals surface area (Å²) in [5.74, 6) is -0.580. The Labute approximate surface area is 137 Å². The van der Waals surface area contributed by atoms with Crippen molar-refractivity contribution < 1.29 is 12.8 Å². The minimum absolute atomic E-state index is 0.145. The molecule has 0 radical (unpaired) electrons. The molecule has 1 heterocycles. The predicted molar refractivity (Wildman–Crippen MR) is 87.6 cm³/mol. The number of sulfone groups is 1. The van der Waals surface area contributed by atoms with Gasteiger partial charge in [0.1, 0.15) is 10.6 Å². The molecule has 3 rings (SSSR count). The Morgan fingerprint density at radius 3 is 2.57 bits per heavy atom. The van der Waals surface area contributed by atoms with Gasteiger partial charge in [-0.25, -0.2) is 12.8 Å². The third kappa shape index (κ3) is 2.16. The van der Waals surface area contributed by atoms with Crippen LogP contribution < -0.4 is 5.32 Å². The van der Waals surface area contributed by atoms with Crippen LogP contribution >= 0.6 is 28.1 Å². The number of hydrogen-bond donors (Lipinski definition) is 1. The van der Waals surface area contributed by atoms with Gasteiger partial charge in [-0.2, -0.15) is 0 Å². The molecular formula is C14H15BrFNO2S2. The van der Waals surface area contributed by atoms with Gasteiger partial charge in [-0.3, -0.25) is 0 Å². The van der Waals surface area contributed by atoms with Crippen LogP contribution in [0, 0.1) is 5.82 Å². The summed E-state index contributed by atoms with van der Waals surface area (Å²) in [4.78, 5) is 0.335. The molecular weight excluding hydrogens is 377 g/mol. The number of rotatable bonds is 1. The van der Waals surface area contributed by atoms with Crippen molar-refractivity contribution in [2.75, 3.05) is 5.75 Å². The maximum Gasteiger partial charge on any atom is 0.165 e. The van der Waals surface area contributed by atoms with Gasteiger partial charge in [-0.15, -0.1) is 0 Å². The highest BCUT2D eigenvalue weighted by Crippen LogP contribution is 2.46. The highest BCUT2D eigenvalue weighted by molar-refractivity contribution is 9.10. The maximum absolute atomic E-state index is 14.2. The van der Waals surface area contributed by atoms with Crippen LogP contribution in [0.3, 0.4) is 0 Å². The quantitative estimate of drug-likeness (QED) is 0.747. The van der Waals surface area contributed by atoms with Gasteiger partial charge in [0.05, 0.1) is 16.3 Å². The lowest BCUT2D eigenvalue weighted by molar-refractivity contribution is 0.362. The lowest BCUT2D eigenvalue weighted by Crippen LogP contribution is -2.68. The molecule has 0 unspecified atom stereocenters. The monoisotopic (exact) mass is 391 g/mol. The molecule has 2 aliphatic rings. The molecule has 2 fully saturated rings. The summed E-state index contributed by atoms with van der Waals surface area (Å²) in [7, 11) is -3.41. The van der Waals surface area contributed by atoms with Crippen LogP contribution in [0.4, 0.5) is 4.39 Å². The Hall–Kier alpha value is -0.530. The van der Waals surface area contributed by atoms with E-state index in [4.69, 9.17) is 12.2 Å². The van der Waals surface area contributed by atoms with E-state index in [9.17, 15) is 12.8 Å². The Balaban J connectivity index is 2.08. The van der Waals surface area contributed by atoms with Gasteiger partial charge in [0.2, 0.25) is 0 Å². The first kappa shape index (κ1) is 15.4. The van der Waals surface area contributed by atoms with Crippen LogP contribution in [-0.2, 0) is 15.4 Å². The summed E-state index contributed by atoms with van der Waals surface area (Å²) < 4.78 is 39.4. The number of nitrogens with one attached hydrogen (secondary N) is 1. The minimum atomic E-state index is -3.41. The summed E-state index contributed by atoms with van der Waals surface area (Å²) in [5, 5.41) is 3.12. The van der Waals surface area contributed by atoms with Crippen LogP contribution in [0.15, 0.2) is 22.7 Å². The highest BCUT2D eigenvalue weighted by Gasteiger charge is 2.59. The standard InChI is InChI=1S/C14H15BrFNO2S2/c1-13(10-7-9(15)3-4-11(10)16)8-21(18,19)14(5-2-6-14)12(20)17-13/h3-4,7H,2,5-6,8H2,1H3,(H,17,20)/t13-/m0/s1. The summed E-state index contributed by atoms with van der Waals surface area (Å²) in [6.07, 6.45) is 2.00. The number of halogens is 2. The average molecular weight is 392 g/mol. The van der Waals surface area contributed by atoms with Crippen molar-refractivity contribution in [3.8, 4) is 0 Å². The highest BCUT2D eigenvalue weighted by atomic mass is 79.9. The van der Waals surface area contributed by atoms with Gasteiger partial charge < -0.3 is 5.32 Å². The molecule has 3 nitrogen and oxygen atoms in total. The Morgan fingerprint density at radius 1 is 1.38 bits per heavy atom. The minimum Gasteiger partial charge on any atom is -0.368 e. The fourth-order valence-corrected chi connectivity index (χ4v) is 6.84. The largest absolute Gasteiger partial charge is 0.368 e. The van der Waals surface area contributed by atoms with Gasteiger partial charge in [0, 0.05) is 10.0 Å². The number of hydrogen-bond acceptors (Lipinski definition) is 3. The molecule has 1 N–H and O–H groups in total. The topological polar surface area (TPSA) is 46.2 Å². The lowest BCUT2D eigenvalue weighted by Gasteiger charge is -2.50. The van der Waals surface area contributed by atoms with Crippen molar-refractivity contribution in [1.29, 1.82) is 0 Å². The van der Waals surface area contributed by atoms with Gasteiger partial charge in [0.25, 0.3) is 0 Å². The van der Waals surface area contributed by atoms with E-state index in [1.165, 1.54) is 6.07 Å². The fraction of sp³-hybridized carbons (Fsp3) is 0.500. The summed E-state index contributed by atoms with van der Waals surface area (Å²) >= 11 is 8.64. The van der Waals surface area contributed by atoms with E-state index >= 15 is 0 Å². The average Bonchev–Trinajstić information content (AvgIpc) is 2.27. The predicted octanol–water partition coefficient (Wildman–Crippen LogP) is 3.07. The molecule has 1 aromatic carbocycles. The van der Waals surface area contributed by atoms with E-state index in [0.717, 1.165) is 6.42 Å². The van der Waals surface area contributed by atoms with Gasteiger partial charge in [0.15, 0.2) is 9.84 Å². The normalized spacial score (nSPS) is 29.8. The molecule has 1 aliphatic carbocycles. The molecule has 114 valence electrons. The Bertz CT molecular complexity index is 730. The first-order valence-electron chi connectivity index (χ1n) is 6.71. The second-order valence-corrected chi connectivity index (χ2v) is 9.64. The molecule has 1 aliphatic heterocycles. The van der Waals surface area contributed by atoms with E-state index < -0.39 is 25.9 Å². The molecule has 7 heteroatoms. The molecule has 0 bridgehead atoms. The smallest absolute Gasteiger partial charge is 0.165 e. The summed E-state index contributed by atoms with van der Waals surface area (Å²) in [5.41, 5.74) is -0.720. The van der Waals surface area contributed by atoms with Crippen LogP contribution in [-0.4, -0.2) is 23.9 Å². The molecule has 0 amide bonds. The third-order valence-electron chi connectivity index (χ3n) is 4.56. The second kappa shape index (κ2) is 4.73. The van der Waals surface area contributed by atoms with E-state index in [2.05, 4.69) is 21.2 Å². The van der Waals surface area contributed by atoms with E-state index in [1.807, 2.05) is 0 Å². The van der Waals surface area contributed by atoms with Crippen LogP contribution in [0.1, 0.15) is 31.7 Å². The lowest BCUT2D eigenvalue weighted by atomic mass is 9.82. The number of thiocarbonyl (C=S) groups is 1. The van der Waals surface area contributed by atoms with E-state index in [1.54, 1.807) is 19.1 Å². The third-order valence-corrected chi connectivity index (χ3v) is 8.44.